The van der Waals surface area contributed by atoms with Gasteiger partial charge in [0.1, 0.15) is 17.1 Å². The number of ether oxygens (including phenoxy) is 2. The first-order valence-corrected chi connectivity index (χ1v) is 159. The molecule has 6 rings (SSSR count). The number of hydrogen-bond acceptors (Lipinski definition) is 6. The summed E-state index contributed by atoms with van der Waals surface area (Å²) in [7, 11) is 131. The molecule has 0 aliphatic carbocycles. The third kappa shape index (κ3) is 43.5. The van der Waals surface area contributed by atoms with Gasteiger partial charge < -0.3 is 19.6 Å². The van der Waals surface area contributed by atoms with Crippen LogP contribution in [0, 0.1) is 6.57 Å². The zero-order valence-corrected chi connectivity index (χ0v) is 137. The Kier molecular flexibility index (Phi) is 83.0. The summed E-state index contributed by atoms with van der Waals surface area (Å²) >= 11 is 6.79. The number of aromatic amines is 1. The number of aryl methyl sites for hydroxylation is 2. The maximum atomic E-state index is 11.2. The summed E-state index contributed by atoms with van der Waals surface area (Å²) < 4.78 is 15.8. The van der Waals surface area contributed by atoms with E-state index in [0.717, 1.165) is 50.5 Å². The van der Waals surface area contributed by atoms with Gasteiger partial charge in [-0.25, -0.2) is 14.6 Å². The highest BCUT2D eigenvalue weighted by Crippen LogP contribution is 3.43. The van der Waals surface area contributed by atoms with Crippen LogP contribution in [-0.2, 0) is 14.1 Å². The number of carboxylic acid groups (broad SMARTS) is 1. The van der Waals surface area contributed by atoms with E-state index in [-0.39, 0.29) is 242 Å². The first-order valence-electron chi connectivity index (χ1n) is 29.0. The van der Waals surface area contributed by atoms with Gasteiger partial charge in [0.25, 0.3) is 0 Å². The third-order valence-electron chi connectivity index (χ3n) is 12.6. The fraction of sp³-hybridized carbons (Fsp3) is 0.129. The zero-order chi connectivity index (χ0) is 88.3. The molecule has 0 bridgehead atoms. The van der Waals surface area contributed by atoms with Crippen molar-refractivity contribution in [2.45, 2.75) is 0 Å². The lowest BCUT2D eigenvalue weighted by atomic mass is 10.1. The van der Waals surface area contributed by atoms with Crippen LogP contribution in [0.25, 0.3) is 49.9 Å². The van der Waals surface area contributed by atoms with Crippen LogP contribution in [0.3, 0.4) is 0 Å². The Bertz CT molecular complexity index is 3800. The number of halogens is 2. The average Bonchev–Trinajstić information content (AvgIpc) is 0.835. The molecule has 11 nitrogen and oxygen atoms in total. The largest absolute Gasteiger partial charge is 0.492 e. The minimum Gasteiger partial charge on any atom is -0.492 e. The SMILES string of the molecule is COc1c(-c2ccc(Br)cc2)nn(C)c1C(=O)O.PP(P)P(P)P(P(P(P)P)P(P)P)P(P(P(P)P)P(P)P)P(P(P(P)P)P(P)P)P(P(P)P)P(P)P.PPP(P)P(P(P(P)P)P(P)P)P(P(P(P)P)P(P)P)P(P(P(P)P)P(P)P)P(P(P)P)P(P)P.[C-]#[N+]c1ccc2nc(-c3c(OC)c(-c4ccc(Br)cc4)nn3C)[nH]c2c1. The maximum Gasteiger partial charge on any atom is 0.358 e. The third-order valence-corrected chi connectivity index (χ3v) is 491. The summed E-state index contributed by atoms with van der Waals surface area (Å²) in [6, 6.07) is 20.7. The van der Waals surface area contributed by atoms with Crippen LogP contribution in [0.1, 0.15) is 10.5 Å². The van der Waals surface area contributed by atoms with Crippen LogP contribution in [0.5, 0.6) is 11.5 Å². The van der Waals surface area contributed by atoms with Gasteiger partial charge in [-0.15, -0.1) is 330 Å². The topological polar surface area (TPSA) is 124 Å². The fourth-order valence-electron chi connectivity index (χ4n) is 8.58. The van der Waals surface area contributed by atoms with E-state index in [1.807, 2.05) is 61.6 Å². The monoisotopic (exact) mass is 2990 g/mol. The molecule has 3 heterocycles. The Morgan fingerprint density at radius 1 is 0.417 bits per heavy atom. The van der Waals surface area contributed by atoms with E-state index in [1.165, 1.54) is 11.8 Å². The summed E-state index contributed by atoms with van der Waals surface area (Å²) in [5.41, 5.74) is 5.99. The van der Waals surface area contributed by atoms with Crippen molar-refractivity contribution < 1.29 is 19.4 Å². The van der Waals surface area contributed by atoms with Crippen LogP contribution < -0.4 is 9.47 Å². The highest BCUT2D eigenvalue weighted by Gasteiger charge is 2.56. The van der Waals surface area contributed by atoms with E-state index < -0.39 is 5.97 Å². The second-order valence-corrected chi connectivity index (χ2v) is 309. The number of nitrogens with one attached hydrogen (secondary N) is 1. The van der Waals surface area contributed by atoms with Gasteiger partial charge in [0, 0.05) is 34.2 Å². The molecular weight excluding hydrogens is 2890 g/mol. The first kappa shape index (κ1) is 135. The van der Waals surface area contributed by atoms with Crippen LogP contribution in [0.4, 0.5) is 5.69 Å². The number of carboxylic acids is 1. The lowest BCUT2D eigenvalue weighted by molar-refractivity contribution is 0.0681. The highest BCUT2D eigenvalue weighted by atomic mass is 79.9. The van der Waals surface area contributed by atoms with E-state index in [1.54, 1.807) is 31.0 Å². The van der Waals surface area contributed by atoms with Gasteiger partial charge in [0.05, 0.1) is 31.8 Å². The van der Waals surface area contributed by atoms with Crippen molar-refractivity contribution in [1.82, 2.24) is 29.5 Å². The molecule has 0 saturated heterocycles. The molecule has 0 amide bonds. The number of aromatic nitrogens is 6. The molecule has 652 valence electrons. The first-order chi connectivity index (χ1) is 53.4. The number of benzene rings is 3. The predicted molar refractivity (Wildman–Crippen MR) is 770 cm³/mol. The maximum absolute atomic E-state index is 11.2. The van der Waals surface area contributed by atoms with Crippen molar-refractivity contribution in [2.24, 2.45) is 14.1 Å². The van der Waals surface area contributed by atoms with Crippen LogP contribution in [0.2, 0.25) is 0 Å². The van der Waals surface area contributed by atoms with Gasteiger partial charge in [-0.1, -0.05) is 70.1 Å². The molecule has 3 aromatic carbocycles. The minimum absolute atomic E-state index is 0.000784. The lowest BCUT2D eigenvalue weighted by Gasteiger charge is -2.54. The molecule has 0 aliphatic heterocycles. The Hall–Kier alpha value is 25.6. The highest BCUT2D eigenvalue weighted by molar-refractivity contribution is 9.49. The van der Waals surface area contributed by atoms with Crippen molar-refractivity contribution in [3.8, 4) is 45.5 Å². The number of hydrogen-bond donors (Lipinski definition) is 2. The van der Waals surface area contributed by atoms with Gasteiger partial charge in [0.15, 0.2) is 28.7 Å². The Balaban J connectivity index is 0.000000407. The molecule has 0 spiro atoms. The van der Waals surface area contributed by atoms with Crippen molar-refractivity contribution in [1.29, 1.82) is 0 Å². The molecule has 3 aromatic heterocycles. The molecule has 44 atom stereocenters. The number of fused-ring (bicyclic) bond motifs is 1. The number of rotatable bonds is 38. The normalized spacial score (nSPS) is 14.4. The Labute approximate surface area is 827 Å². The standard InChI is InChI=1S/C19H14BrN5O.C12H11BrN2O3.H38P36.H37P35/c1-21-13-8-9-14-15(10-13)23-19(22-14)17-18(26-3)16(24-25(17)2)11-4-6-12(20)7-5-11;1-15-10(12(16)17)11(18-2)9(14-15)7-3-5-8(13)6-4-7;1-20(2)29(19)34(30(21(3)4)22(5)6)36(33(27(15)16)28(17)18)35(31(23(7)8)24(9)10)32(25(11)12)26(13)14;1-19-28(18)33(29(20(2)3)21(4)5)35(32(26(14)15)27(16)17)34(30(22(6)7)23(8)9)31(24(10)11)25(12)13/h4-10H,2-3H3,(H,22,23);3-6H,1-2H3,(H,16,17);1-19H2;19H,1-18H2. The molecule has 84 heteroatoms. The summed E-state index contributed by atoms with van der Waals surface area (Å²) in [4.78, 5) is 22.5. The molecule has 0 fully saturated rings. The van der Waals surface area contributed by atoms with Crippen molar-refractivity contribution in [3.05, 3.63) is 92.8 Å². The average molecular weight is 2990 g/mol. The molecular formula is C31H100Br2N7O4P71. The van der Waals surface area contributed by atoms with E-state index in [0.29, 0.717) is 23.0 Å². The van der Waals surface area contributed by atoms with Gasteiger partial charge in [-0.05, 0) is 267 Å². The van der Waals surface area contributed by atoms with Crippen molar-refractivity contribution in [3.63, 3.8) is 0 Å². The summed E-state index contributed by atoms with van der Waals surface area (Å²) in [6.07, 6.45) is 0. The van der Waals surface area contributed by atoms with Gasteiger partial charge in [-0.3, -0.25) is 9.36 Å². The zero-order valence-electron chi connectivity index (χ0n) is 60.6. The van der Waals surface area contributed by atoms with E-state index in [9.17, 15) is 4.79 Å². The number of methoxy groups -OCH3 is 2. The number of H-pyrrole nitrogens is 1. The Morgan fingerprint density at radius 2 is 0.704 bits per heavy atom. The fourth-order valence-corrected chi connectivity index (χ4v) is 956. The van der Waals surface area contributed by atoms with Crippen LogP contribution in [0.15, 0.2) is 75.7 Å². The molecule has 2 N–H and O–H groups in total. The van der Waals surface area contributed by atoms with Crippen LogP contribution in [-0.4, -0.2) is 54.8 Å². The second kappa shape index (κ2) is 70.8. The molecule has 44 unspecified atom stereocenters. The predicted octanol–water partition coefficient (Wildman–Crippen LogP) is 48.6. The van der Waals surface area contributed by atoms with E-state index >= 15 is 0 Å². The quantitative estimate of drug-likeness (QED) is 0.0292. The van der Waals surface area contributed by atoms with E-state index in [4.69, 9.17) is 21.2 Å². The molecule has 0 aliphatic rings. The molecule has 0 saturated carbocycles. The van der Waals surface area contributed by atoms with E-state index in [2.05, 4.69) is 387 Å². The summed E-state index contributed by atoms with van der Waals surface area (Å²) in [5, 5.41) is 18.0. The van der Waals surface area contributed by atoms with Crippen molar-refractivity contribution in [2.75, 3.05) is 14.2 Å². The molecule has 6 aromatic rings. The molecule has 115 heavy (non-hydrogen) atoms. The number of aromatic carboxylic acids is 1. The van der Waals surface area contributed by atoms with Gasteiger partial charge in [-0.2, -0.15) is 10.2 Å². The summed E-state index contributed by atoms with van der Waals surface area (Å²) in [5.74, 6) is 0.508. The molecule has 0 radical (unpaired) electrons. The minimum atomic E-state index is -1.06. The van der Waals surface area contributed by atoms with Gasteiger partial charge >= 0.3 is 5.97 Å². The van der Waals surface area contributed by atoms with Crippen molar-refractivity contribution >= 4 is 623 Å². The Morgan fingerprint density at radius 3 is 0.991 bits per heavy atom. The lowest BCUT2D eigenvalue weighted by Crippen LogP contribution is -2.06. The van der Waals surface area contributed by atoms with Crippen LogP contribution >= 0.6 is 601 Å². The number of imidazole rings is 1. The second-order valence-electron chi connectivity index (χ2n) is 20.4. The summed E-state index contributed by atoms with van der Waals surface area (Å²) in [6.45, 7) is 5.44. The van der Waals surface area contributed by atoms with Gasteiger partial charge in [0.2, 0.25) is 0 Å². The number of carbonyl (C=O) groups is 1. The smallest absolute Gasteiger partial charge is 0.358 e. The number of nitrogens with zero attached hydrogens (tertiary/aromatic N) is 6.